The van der Waals surface area contributed by atoms with Crippen LogP contribution in [0.4, 0.5) is 0 Å². The van der Waals surface area contributed by atoms with E-state index in [1.165, 1.54) is 6.08 Å². The van der Waals surface area contributed by atoms with Crippen LogP contribution in [0.2, 0.25) is 0 Å². The lowest BCUT2D eigenvalue weighted by Crippen LogP contribution is -2.12. The Kier molecular flexibility index (Phi) is 9.13. The number of hydrogen-bond acceptors (Lipinski definition) is 8. The third-order valence-electron chi connectivity index (χ3n) is 6.50. The number of nitrogens with zero attached hydrogens (tertiary/aromatic N) is 3. The number of para-hydroxylation sites is 1. The van der Waals surface area contributed by atoms with E-state index in [0.717, 1.165) is 27.8 Å². The van der Waals surface area contributed by atoms with Crippen molar-refractivity contribution in [2.24, 2.45) is 0 Å². The van der Waals surface area contributed by atoms with Crippen LogP contribution >= 0.6 is 11.3 Å². The number of carbonyl (C=O) groups is 3. The molecule has 0 bridgehead atoms. The summed E-state index contributed by atoms with van der Waals surface area (Å²) < 4.78 is 12.3. The van der Waals surface area contributed by atoms with Crippen LogP contribution < -0.4 is 0 Å². The highest BCUT2D eigenvalue weighted by Gasteiger charge is 2.28. The van der Waals surface area contributed by atoms with E-state index >= 15 is 0 Å². The van der Waals surface area contributed by atoms with Gasteiger partial charge in [0.25, 0.3) is 0 Å². The van der Waals surface area contributed by atoms with Gasteiger partial charge in [-0.25, -0.2) is 9.59 Å². The molecule has 4 rings (SSSR count). The van der Waals surface area contributed by atoms with Gasteiger partial charge in [0.15, 0.2) is 5.78 Å². The van der Waals surface area contributed by atoms with Crippen molar-refractivity contribution < 1.29 is 23.9 Å². The number of aromatic nitrogens is 1. The van der Waals surface area contributed by atoms with Crippen molar-refractivity contribution in [2.45, 2.75) is 33.7 Å². The molecule has 0 amide bonds. The maximum absolute atomic E-state index is 13.4. The van der Waals surface area contributed by atoms with E-state index in [1.807, 2.05) is 59.3 Å². The number of benzene rings is 2. The molecule has 0 aliphatic rings. The van der Waals surface area contributed by atoms with Crippen LogP contribution in [-0.2, 0) is 27.2 Å². The summed E-state index contributed by atoms with van der Waals surface area (Å²) in [5, 5.41) is 20.3. The summed E-state index contributed by atoms with van der Waals surface area (Å²) in [6.45, 7) is 5.69. The molecular formula is C32H27N3O5S. The fourth-order valence-electron chi connectivity index (χ4n) is 4.60. The fraction of sp³-hybridized carbons (Fsp3) is 0.219. The minimum atomic E-state index is -0.636. The standard InChI is InChI=1S/C32H27N3O5S/c1-4-39-31(37)29-20(3)30(32(38)40-5-2)41-28(29)15-27(36)23(17-34)14-24-19-35(26-13-9-8-12-25(24)26)18-22-11-7-6-10-21(22)16-33/h6-14,19H,4-5,15,18H2,1-3H3. The Morgan fingerprint density at radius 2 is 1.66 bits per heavy atom. The molecule has 206 valence electrons. The molecule has 2 aromatic heterocycles. The van der Waals surface area contributed by atoms with Crippen molar-refractivity contribution in [1.82, 2.24) is 4.57 Å². The van der Waals surface area contributed by atoms with Crippen molar-refractivity contribution in [3.63, 3.8) is 0 Å². The molecule has 41 heavy (non-hydrogen) atoms. The quantitative estimate of drug-likeness (QED) is 0.131. The zero-order valence-electron chi connectivity index (χ0n) is 22.9. The van der Waals surface area contributed by atoms with E-state index in [1.54, 1.807) is 26.8 Å². The molecule has 2 aromatic carbocycles. The van der Waals surface area contributed by atoms with E-state index in [2.05, 4.69) is 6.07 Å². The number of allylic oxidation sites excluding steroid dienone is 1. The van der Waals surface area contributed by atoms with Gasteiger partial charge in [-0.1, -0.05) is 36.4 Å². The van der Waals surface area contributed by atoms with Gasteiger partial charge < -0.3 is 14.0 Å². The number of hydrogen-bond donors (Lipinski definition) is 0. The number of thiophene rings is 1. The Labute approximate surface area is 241 Å². The van der Waals surface area contributed by atoms with E-state index in [4.69, 9.17) is 9.47 Å². The minimum absolute atomic E-state index is 0.0936. The third-order valence-corrected chi connectivity index (χ3v) is 7.77. The molecule has 0 radical (unpaired) electrons. The van der Waals surface area contributed by atoms with Gasteiger partial charge in [0.05, 0.1) is 36.0 Å². The van der Waals surface area contributed by atoms with Gasteiger partial charge in [-0.05, 0) is 50.1 Å². The second-order valence-electron chi connectivity index (χ2n) is 9.06. The Balaban J connectivity index is 1.71. The second-order valence-corrected chi connectivity index (χ2v) is 10.2. The summed E-state index contributed by atoms with van der Waals surface area (Å²) >= 11 is 0.999. The zero-order chi connectivity index (χ0) is 29.5. The van der Waals surface area contributed by atoms with Crippen LogP contribution in [0.3, 0.4) is 0 Å². The van der Waals surface area contributed by atoms with Crippen LogP contribution in [0.1, 0.15) is 61.0 Å². The number of Topliss-reactive ketones (excluding diaryl/α,β-unsaturated/α-hetero) is 1. The summed E-state index contributed by atoms with van der Waals surface area (Å²) in [6.07, 6.45) is 3.13. The summed E-state index contributed by atoms with van der Waals surface area (Å²) in [6, 6.07) is 19.2. The van der Waals surface area contributed by atoms with Crippen molar-refractivity contribution in [2.75, 3.05) is 13.2 Å². The molecule has 0 N–H and O–H groups in total. The van der Waals surface area contributed by atoms with Gasteiger partial charge in [0, 0.05) is 40.5 Å². The highest BCUT2D eigenvalue weighted by atomic mass is 32.1. The highest BCUT2D eigenvalue weighted by Crippen LogP contribution is 2.32. The predicted molar refractivity (Wildman–Crippen MR) is 155 cm³/mol. The van der Waals surface area contributed by atoms with Gasteiger partial charge in [-0.3, -0.25) is 4.79 Å². The lowest BCUT2D eigenvalue weighted by Gasteiger charge is -2.07. The monoisotopic (exact) mass is 565 g/mol. The van der Waals surface area contributed by atoms with Crippen molar-refractivity contribution in [3.05, 3.63) is 97.9 Å². The molecule has 2 heterocycles. The molecule has 0 saturated carbocycles. The summed E-state index contributed by atoms with van der Waals surface area (Å²) in [7, 11) is 0. The average molecular weight is 566 g/mol. The molecule has 9 heteroatoms. The first-order valence-corrected chi connectivity index (χ1v) is 13.8. The molecule has 0 fully saturated rings. The molecular weight excluding hydrogens is 538 g/mol. The van der Waals surface area contributed by atoms with Gasteiger partial charge in [-0.2, -0.15) is 10.5 Å². The van der Waals surface area contributed by atoms with E-state index in [0.29, 0.717) is 28.1 Å². The SMILES string of the molecule is CCOC(=O)c1sc(CC(=O)C(C#N)=Cc2cn(Cc3ccccc3C#N)c3ccccc23)c(C(=O)OCC)c1C. The van der Waals surface area contributed by atoms with Crippen molar-refractivity contribution in [3.8, 4) is 12.1 Å². The average Bonchev–Trinajstić information content (AvgIpc) is 3.48. The Bertz CT molecular complexity index is 1760. The number of rotatable bonds is 10. The number of fused-ring (bicyclic) bond motifs is 1. The summed E-state index contributed by atoms with van der Waals surface area (Å²) in [4.78, 5) is 39.2. The maximum Gasteiger partial charge on any atom is 0.348 e. The number of esters is 2. The number of carbonyl (C=O) groups excluding carboxylic acids is 3. The van der Waals surface area contributed by atoms with E-state index in [9.17, 15) is 24.9 Å². The van der Waals surface area contributed by atoms with Gasteiger partial charge in [0.1, 0.15) is 10.9 Å². The third kappa shape index (κ3) is 6.11. The molecule has 8 nitrogen and oxygen atoms in total. The Morgan fingerprint density at radius 3 is 2.37 bits per heavy atom. The van der Waals surface area contributed by atoms with Gasteiger partial charge in [0.2, 0.25) is 0 Å². The lowest BCUT2D eigenvalue weighted by molar-refractivity contribution is -0.114. The fourth-order valence-corrected chi connectivity index (χ4v) is 5.79. The Morgan fingerprint density at radius 1 is 0.976 bits per heavy atom. The molecule has 0 atom stereocenters. The highest BCUT2D eigenvalue weighted by molar-refractivity contribution is 7.14. The number of ketones is 1. The minimum Gasteiger partial charge on any atom is -0.462 e. The van der Waals surface area contributed by atoms with Gasteiger partial charge >= 0.3 is 11.9 Å². The molecule has 0 saturated heterocycles. The molecule has 0 aliphatic carbocycles. The van der Waals surface area contributed by atoms with Gasteiger partial charge in [-0.15, -0.1) is 11.3 Å². The van der Waals surface area contributed by atoms with Crippen LogP contribution in [0.5, 0.6) is 0 Å². The second kappa shape index (κ2) is 12.9. The van der Waals surface area contributed by atoms with E-state index in [-0.39, 0.29) is 35.6 Å². The first-order valence-electron chi connectivity index (χ1n) is 13.0. The summed E-state index contributed by atoms with van der Waals surface area (Å²) in [5.41, 5.74) is 3.41. The maximum atomic E-state index is 13.4. The predicted octanol–water partition coefficient (Wildman–Crippen LogP) is 6.00. The molecule has 0 unspecified atom stereocenters. The summed E-state index contributed by atoms with van der Waals surface area (Å²) in [5.74, 6) is -1.72. The molecule has 4 aromatic rings. The van der Waals surface area contributed by atoms with Crippen molar-refractivity contribution >= 4 is 46.0 Å². The first-order chi connectivity index (χ1) is 19.8. The van der Waals surface area contributed by atoms with E-state index < -0.39 is 17.7 Å². The molecule has 0 aliphatic heterocycles. The smallest absolute Gasteiger partial charge is 0.348 e. The topological polar surface area (TPSA) is 122 Å². The van der Waals surface area contributed by atoms with Crippen LogP contribution in [-0.4, -0.2) is 35.5 Å². The molecule has 0 spiro atoms. The zero-order valence-corrected chi connectivity index (χ0v) is 23.7. The van der Waals surface area contributed by atoms with Crippen LogP contribution in [0, 0.1) is 29.6 Å². The van der Waals surface area contributed by atoms with Crippen LogP contribution in [0.15, 0.2) is 60.3 Å². The normalized spacial score (nSPS) is 11.1. The Hall–Kier alpha value is -4.99. The number of nitriles is 2. The first kappa shape index (κ1) is 29.0. The van der Waals surface area contributed by atoms with Crippen molar-refractivity contribution in [1.29, 1.82) is 10.5 Å². The number of ether oxygens (including phenoxy) is 2. The lowest BCUT2D eigenvalue weighted by atomic mass is 10.0. The largest absolute Gasteiger partial charge is 0.462 e. The van der Waals surface area contributed by atoms with Crippen LogP contribution in [0.25, 0.3) is 17.0 Å².